The van der Waals surface area contributed by atoms with E-state index in [0.29, 0.717) is 37.5 Å². The van der Waals surface area contributed by atoms with Gasteiger partial charge in [-0.2, -0.15) is 0 Å². The first-order chi connectivity index (χ1) is 13.2. The number of nitro benzene ring substituents is 1. The number of rotatable bonds is 6. The van der Waals surface area contributed by atoms with E-state index in [1.165, 1.54) is 18.4 Å². The highest BCUT2D eigenvalue weighted by Gasteiger charge is 2.29. The van der Waals surface area contributed by atoms with Gasteiger partial charge in [0.1, 0.15) is 5.69 Å². The number of ether oxygens (including phenoxy) is 1. The largest absolute Gasteiger partial charge is 0.383 e. The van der Waals surface area contributed by atoms with E-state index in [2.05, 4.69) is 21.7 Å². The molecular formula is C18H23N5O4. The van der Waals surface area contributed by atoms with Crippen LogP contribution in [-0.4, -0.2) is 48.1 Å². The van der Waals surface area contributed by atoms with Gasteiger partial charge in [0, 0.05) is 19.6 Å². The minimum atomic E-state index is -0.409. The van der Waals surface area contributed by atoms with Crippen LogP contribution in [0.2, 0.25) is 0 Å². The lowest BCUT2D eigenvalue weighted by Gasteiger charge is -2.28. The van der Waals surface area contributed by atoms with Crippen LogP contribution in [0.4, 0.5) is 17.1 Å². The van der Waals surface area contributed by atoms with Gasteiger partial charge in [0.05, 0.1) is 23.8 Å². The van der Waals surface area contributed by atoms with Gasteiger partial charge in [-0.3, -0.25) is 10.1 Å². The molecule has 27 heavy (non-hydrogen) atoms. The number of anilines is 2. The lowest BCUT2D eigenvalue weighted by atomic mass is 9.97. The molecule has 0 saturated carbocycles. The maximum absolute atomic E-state index is 11.7. The third kappa shape index (κ3) is 3.73. The van der Waals surface area contributed by atoms with Crippen LogP contribution in [0.5, 0.6) is 0 Å². The third-order valence-corrected chi connectivity index (χ3v) is 5.17. The number of allylic oxidation sites excluding steroid dienone is 1. The summed E-state index contributed by atoms with van der Waals surface area (Å²) in [5, 5.41) is 22.8. The van der Waals surface area contributed by atoms with Crippen molar-refractivity contribution in [2.45, 2.75) is 32.1 Å². The predicted molar refractivity (Wildman–Crippen MR) is 101 cm³/mol. The Kier molecular flexibility index (Phi) is 5.19. The SMILES string of the molecule is O=[N+]([O-])c1c(N2CCOCC2)cc(NCCC2=CCCCC2)c2nonc12. The van der Waals surface area contributed by atoms with Crippen LogP contribution < -0.4 is 10.2 Å². The van der Waals surface area contributed by atoms with E-state index in [0.717, 1.165) is 31.5 Å². The van der Waals surface area contributed by atoms with E-state index < -0.39 is 4.92 Å². The smallest absolute Gasteiger partial charge is 0.323 e. The maximum Gasteiger partial charge on any atom is 0.323 e. The van der Waals surface area contributed by atoms with Crippen LogP contribution in [0.1, 0.15) is 32.1 Å². The van der Waals surface area contributed by atoms with Crippen molar-refractivity contribution >= 4 is 28.1 Å². The molecule has 0 atom stereocenters. The highest BCUT2D eigenvalue weighted by atomic mass is 16.6. The fourth-order valence-electron chi connectivity index (χ4n) is 3.76. The summed E-state index contributed by atoms with van der Waals surface area (Å²) in [5.74, 6) is 0. The molecule has 0 bridgehead atoms. The van der Waals surface area contributed by atoms with Crippen LogP contribution in [0.3, 0.4) is 0 Å². The number of morpholine rings is 1. The van der Waals surface area contributed by atoms with Crippen LogP contribution in [-0.2, 0) is 4.74 Å². The Morgan fingerprint density at radius 2 is 2.04 bits per heavy atom. The summed E-state index contributed by atoms with van der Waals surface area (Å²) >= 11 is 0. The molecule has 2 heterocycles. The van der Waals surface area contributed by atoms with Gasteiger partial charge in [-0.25, -0.2) is 4.63 Å². The number of benzene rings is 1. The molecule has 1 saturated heterocycles. The van der Waals surface area contributed by atoms with Crippen molar-refractivity contribution in [2.24, 2.45) is 0 Å². The minimum absolute atomic E-state index is 0.0614. The zero-order valence-corrected chi connectivity index (χ0v) is 15.1. The summed E-state index contributed by atoms with van der Waals surface area (Å²) in [5.41, 5.74) is 3.24. The van der Waals surface area contributed by atoms with Crippen molar-refractivity contribution in [3.8, 4) is 0 Å². The monoisotopic (exact) mass is 373 g/mol. The molecule has 1 N–H and O–H groups in total. The zero-order chi connectivity index (χ0) is 18.6. The van der Waals surface area contributed by atoms with E-state index in [9.17, 15) is 10.1 Å². The normalized spacial score (nSPS) is 17.8. The predicted octanol–water partition coefficient (Wildman–Crippen LogP) is 3.27. The second kappa shape index (κ2) is 7.91. The number of hydrogen-bond donors (Lipinski definition) is 1. The van der Waals surface area contributed by atoms with Crippen molar-refractivity contribution in [1.29, 1.82) is 0 Å². The Balaban J connectivity index is 1.63. The van der Waals surface area contributed by atoms with Crippen molar-refractivity contribution < 1.29 is 14.3 Å². The Morgan fingerprint density at radius 1 is 1.22 bits per heavy atom. The number of nitrogens with one attached hydrogen (secondary N) is 1. The second-order valence-corrected chi connectivity index (χ2v) is 6.89. The summed E-state index contributed by atoms with van der Waals surface area (Å²) in [6.45, 7) is 3.04. The molecule has 1 aliphatic heterocycles. The summed E-state index contributed by atoms with van der Waals surface area (Å²) < 4.78 is 10.2. The molecule has 2 aliphatic rings. The molecule has 1 aliphatic carbocycles. The average Bonchev–Trinajstić information content (AvgIpc) is 3.18. The van der Waals surface area contributed by atoms with Gasteiger partial charge in [-0.1, -0.05) is 11.6 Å². The fourth-order valence-corrected chi connectivity index (χ4v) is 3.76. The van der Waals surface area contributed by atoms with E-state index in [-0.39, 0.29) is 11.2 Å². The Labute approximate surface area is 156 Å². The van der Waals surface area contributed by atoms with Gasteiger partial charge in [-0.05, 0) is 48.5 Å². The van der Waals surface area contributed by atoms with Gasteiger partial charge in [0.15, 0.2) is 5.52 Å². The summed E-state index contributed by atoms with van der Waals surface area (Å²) in [4.78, 5) is 13.3. The van der Waals surface area contributed by atoms with E-state index >= 15 is 0 Å². The molecule has 0 unspecified atom stereocenters. The number of nitro groups is 1. The quantitative estimate of drug-likeness (QED) is 0.467. The highest BCUT2D eigenvalue weighted by molar-refractivity contribution is 5.99. The molecule has 144 valence electrons. The van der Waals surface area contributed by atoms with Gasteiger partial charge >= 0.3 is 5.69 Å². The van der Waals surface area contributed by atoms with Crippen molar-refractivity contribution in [3.63, 3.8) is 0 Å². The Hall–Kier alpha value is -2.68. The first-order valence-electron chi connectivity index (χ1n) is 9.42. The molecule has 9 heteroatoms. The molecule has 0 amide bonds. The van der Waals surface area contributed by atoms with Crippen LogP contribution >= 0.6 is 0 Å². The van der Waals surface area contributed by atoms with E-state index in [1.807, 2.05) is 4.90 Å². The molecular weight excluding hydrogens is 350 g/mol. The first kappa shape index (κ1) is 17.7. The van der Waals surface area contributed by atoms with Gasteiger partial charge in [0.25, 0.3) is 0 Å². The lowest BCUT2D eigenvalue weighted by Crippen LogP contribution is -2.36. The lowest BCUT2D eigenvalue weighted by molar-refractivity contribution is -0.382. The number of aromatic nitrogens is 2. The van der Waals surface area contributed by atoms with Gasteiger partial charge < -0.3 is 15.0 Å². The molecule has 1 aromatic carbocycles. The summed E-state index contributed by atoms with van der Waals surface area (Å²) in [7, 11) is 0. The minimum Gasteiger partial charge on any atom is -0.383 e. The molecule has 0 radical (unpaired) electrons. The number of nitrogens with zero attached hydrogens (tertiary/aromatic N) is 4. The maximum atomic E-state index is 11.7. The standard InChI is InChI=1S/C18H23N5O4/c24-23(25)18-15(22-8-10-26-11-9-22)12-14(16-17(18)21-27-20-16)19-7-6-13-4-2-1-3-5-13/h4,12,19H,1-3,5-11H2. The number of fused-ring (bicyclic) bond motifs is 1. The topological polar surface area (TPSA) is 107 Å². The summed E-state index contributed by atoms with van der Waals surface area (Å²) in [6, 6.07) is 1.80. The highest BCUT2D eigenvalue weighted by Crippen LogP contribution is 2.39. The zero-order valence-electron chi connectivity index (χ0n) is 15.1. The van der Waals surface area contributed by atoms with Gasteiger partial charge in [-0.15, -0.1) is 0 Å². The van der Waals surface area contributed by atoms with Crippen LogP contribution in [0.25, 0.3) is 11.0 Å². The van der Waals surface area contributed by atoms with Gasteiger partial charge in [0.2, 0.25) is 5.52 Å². The molecule has 1 fully saturated rings. The number of hydrogen-bond acceptors (Lipinski definition) is 8. The first-order valence-corrected chi connectivity index (χ1v) is 9.42. The summed E-state index contributed by atoms with van der Waals surface area (Å²) in [6.07, 6.45) is 8.12. The van der Waals surface area contributed by atoms with Crippen LogP contribution in [0.15, 0.2) is 22.3 Å². The van der Waals surface area contributed by atoms with E-state index in [4.69, 9.17) is 9.37 Å². The fraction of sp³-hybridized carbons (Fsp3) is 0.556. The Morgan fingerprint density at radius 3 is 2.78 bits per heavy atom. The molecule has 9 nitrogen and oxygen atoms in total. The third-order valence-electron chi connectivity index (χ3n) is 5.17. The van der Waals surface area contributed by atoms with E-state index in [1.54, 1.807) is 6.07 Å². The molecule has 0 spiro atoms. The molecule has 1 aromatic heterocycles. The molecule has 2 aromatic rings. The van der Waals surface area contributed by atoms with Crippen molar-refractivity contribution in [2.75, 3.05) is 43.1 Å². The second-order valence-electron chi connectivity index (χ2n) is 6.89. The van der Waals surface area contributed by atoms with Crippen molar-refractivity contribution in [3.05, 3.63) is 27.8 Å². The Bertz CT molecular complexity index is 857. The average molecular weight is 373 g/mol. The molecule has 4 rings (SSSR count). The van der Waals surface area contributed by atoms with Crippen molar-refractivity contribution in [1.82, 2.24) is 10.3 Å². The van der Waals surface area contributed by atoms with Crippen LogP contribution in [0, 0.1) is 10.1 Å².